The molecule has 42 heavy (non-hydrogen) atoms. The van der Waals surface area contributed by atoms with Crippen molar-refractivity contribution < 1.29 is 18.0 Å². The molecular formula is C37H28F3NO. The SMILES string of the molecule is O=C(CC1=CCc2ccc(F)cc21)C[C@@H](Cc1cc(F)cc(F)c1)c1ncccc1-c1ccccc1-c1ccccc1. The average Bonchev–Trinajstić information content (AvgIpc) is 3.38. The monoisotopic (exact) mass is 559 g/mol. The number of nitrogens with zero attached hydrogens (tertiary/aromatic N) is 1. The number of allylic oxidation sites excluding steroid dienone is 2. The molecule has 0 radical (unpaired) electrons. The van der Waals surface area contributed by atoms with Gasteiger partial charge in [0.05, 0.1) is 5.69 Å². The molecule has 0 N–H and O–H groups in total. The minimum atomic E-state index is -0.666. The Balaban J connectivity index is 1.38. The third-order valence-corrected chi connectivity index (χ3v) is 7.78. The Morgan fingerprint density at radius 3 is 2.21 bits per heavy atom. The first kappa shape index (κ1) is 27.4. The Morgan fingerprint density at radius 1 is 0.714 bits per heavy atom. The highest BCUT2D eigenvalue weighted by Gasteiger charge is 2.25. The van der Waals surface area contributed by atoms with Gasteiger partial charge < -0.3 is 0 Å². The predicted octanol–water partition coefficient (Wildman–Crippen LogP) is 9.15. The quantitative estimate of drug-likeness (QED) is 0.180. The Kier molecular flexibility index (Phi) is 7.83. The molecule has 0 saturated carbocycles. The first-order valence-corrected chi connectivity index (χ1v) is 14.0. The Hall–Kier alpha value is -4.77. The van der Waals surface area contributed by atoms with E-state index in [0.29, 0.717) is 17.7 Å². The van der Waals surface area contributed by atoms with E-state index in [1.165, 1.54) is 24.3 Å². The molecule has 6 rings (SSSR count). The van der Waals surface area contributed by atoms with Crippen molar-refractivity contribution in [3.8, 4) is 22.3 Å². The minimum absolute atomic E-state index is 0.0480. The maximum absolute atomic E-state index is 14.2. The van der Waals surface area contributed by atoms with Crippen molar-refractivity contribution >= 4 is 11.4 Å². The maximum atomic E-state index is 14.2. The lowest BCUT2D eigenvalue weighted by atomic mass is 9.84. The standard InChI is InChI=1S/C37H28F3NO/c38-29-15-14-26-12-13-27(36(26)23-29)20-32(42)21-28(17-24-18-30(39)22-31(40)19-24)37-35(11-6-16-41-37)34-10-5-4-9-33(34)25-7-2-1-3-8-25/h1-11,13-16,18-19,22-23,28H,12,17,20-21H2/t28-/m1/s1. The summed E-state index contributed by atoms with van der Waals surface area (Å²) >= 11 is 0. The van der Waals surface area contributed by atoms with Crippen molar-refractivity contribution in [3.63, 3.8) is 0 Å². The van der Waals surface area contributed by atoms with Gasteiger partial charge in [-0.2, -0.15) is 0 Å². The van der Waals surface area contributed by atoms with Crippen LogP contribution in [0.3, 0.4) is 0 Å². The van der Waals surface area contributed by atoms with Crippen molar-refractivity contribution in [2.45, 2.75) is 31.6 Å². The number of carbonyl (C=O) groups excluding carboxylic acids is 1. The molecule has 0 bridgehead atoms. The Bertz CT molecular complexity index is 1770. The van der Waals surface area contributed by atoms with Crippen LogP contribution < -0.4 is 0 Å². The molecule has 5 heteroatoms. The van der Waals surface area contributed by atoms with Gasteiger partial charge in [-0.3, -0.25) is 9.78 Å². The van der Waals surface area contributed by atoms with E-state index in [-0.39, 0.29) is 30.9 Å². The van der Waals surface area contributed by atoms with E-state index in [0.717, 1.165) is 45.0 Å². The molecule has 5 aromatic rings. The van der Waals surface area contributed by atoms with E-state index in [1.54, 1.807) is 12.3 Å². The second kappa shape index (κ2) is 12.0. The smallest absolute Gasteiger partial charge is 0.137 e. The lowest BCUT2D eigenvalue weighted by molar-refractivity contribution is -0.118. The van der Waals surface area contributed by atoms with Gasteiger partial charge in [0.2, 0.25) is 0 Å². The maximum Gasteiger partial charge on any atom is 0.137 e. The number of aromatic nitrogens is 1. The van der Waals surface area contributed by atoms with Crippen molar-refractivity contribution in [1.82, 2.24) is 4.98 Å². The van der Waals surface area contributed by atoms with Crippen molar-refractivity contribution in [2.24, 2.45) is 0 Å². The molecule has 0 fully saturated rings. The van der Waals surface area contributed by atoms with Crippen LogP contribution >= 0.6 is 0 Å². The molecule has 1 aliphatic rings. The summed E-state index contributed by atoms with van der Waals surface area (Å²) in [5, 5.41) is 0. The van der Waals surface area contributed by atoms with Crippen molar-refractivity contribution in [3.05, 3.63) is 155 Å². The van der Waals surface area contributed by atoms with E-state index in [4.69, 9.17) is 4.98 Å². The summed E-state index contributed by atoms with van der Waals surface area (Å²) < 4.78 is 42.4. The average molecular weight is 560 g/mol. The second-order valence-electron chi connectivity index (χ2n) is 10.7. The molecule has 1 heterocycles. The summed E-state index contributed by atoms with van der Waals surface area (Å²) in [6, 6.07) is 30.0. The van der Waals surface area contributed by atoms with Gasteiger partial charge in [-0.1, -0.05) is 72.8 Å². The Morgan fingerprint density at radius 2 is 1.43 bits per heavy atom. The number of carbonyl (C=O) groups is 1. The zero-order valence-corrected chi connectivity index (χ0v) is 22.9. The fourth-order valence-electron chi connectivity index (χ4n) is 5.93. The summed E-state index contributed by atoms with van der Waals surface area (Å²) in [6.45, 7) is 0. The number of halogens is 3. The highest BCUT2D eigenvalue weighted by Crippen LogP contribution is 2.39. The van der Waals surface area contributed by atoms with Gasteiger partial charge in [0, 0.05) is 36.6 Å². The topological polar surface area (TPSA) is 30.0 Å². The molecule has 1 atom stereocenters. The minimum Gasteiger partial charge on any atom is -0.299 e. The molecule has 0 amide bonds. The third kappa shape index (κ3) is 5.96. The molecule has 1 aromatic heterocycles. The van der Waals surface area contributed by atoms with E-state index in [2.05, 4.69) is 0 Å². The van der Waals surface area contributed by atoms with Gasteiger partial charge in [0.1, 0.15) is 23.2 Å². The molecule has 1 aliphatic carbocycles. The van der Waals surface area contributed by atoms with Crippen LogP contribution in [0.25, 0.3) is 27.8 Å². The lowest BCUT2D eigenvalue weighted by Crippen LogP contribution is -2.13. The van der Waals surface area contributed by atoms with Gasteiger partial charge in [0.25, 0.3) is 0 Å². The van der Waals surface area contributed by atoms with Gasteiger partial charge in [-0.25, -0.2) is 13.2 Å². The first-order valence-electron chi connectivity index (χ1n) is 14.0. The molecule has 2 nitrogen and oxygen atoms in total. The van der Waals surface area contributed by atoms with Crippen LogP contribution in [0, 0.1) is 17.5 Å². The van der Waals surface area contributed by atoms with Crippen molar-refractivity contribution in [1.29, 1.82) is 0 Å². The largest absolute Gasteiger partial charge is 0.299 e. The molecule has 0 saturated heterocycles. The zero-order chi connectivity index (χ0) is 29.1. The van der Waals surface area contributed by atoms with Gasteiger partial charge in [0.15, 0.2) is 0 Å². The number of Topliss-reactive ketones (excluding diaryl/α,β-unsaturated/α-hetero) is 1. The van der Waals surface area contributed by atoms with Gasteiger partial charge in [-0.15, -0.1) is 0 Å². The highest BCUT2D eigenvalue weighted by molar-refractivity contribution is 5.93. The molecule has 0 unspecified atom stereocenters. The van der Waals surface area contributed by atoms with E-state index in [9.17, 15) is 18.0 Å². The van der Waals surface area contributed by atoms with Crippen LogP contribution in [-0.2, 0) is 17.6 Å². The third-order valence-electron chi connectivity index (χ3n) is 7.78. The summed E-state index contributed by atoms with van der Waals surface area (Å²) in [4.78, 5) is 18.4. The van der Waals surface area contributed by atoms with Gasteiger partial charge >= 0.3 is 0 Å². The van der Waals surface area contributed by atoms with Crippen LogP contribution in [0.15, 0.2) is 115 Å². The number of rotatable bonds is 9. The number of ketones is 1. The summed E-state index contributed by atoms with van der Waals surface area (Å²) in [6.07, 6.45) is 4.80. The number of pyridine rings is 1. The highest BCUT2D eigenvalue weighted by atomic mass is 19.1. The second-order valence-corrected chi connectivity index (χ2v) is 10.7. The summed E-state index contributed by atoms with van der Waals surface area (Å²) in [5.41, 5.74) is 7.58. The molecule has 0 spiro atoms. The van der Waals surface area contributed by atoms with Crippen LogP contribution in [0.1, 0.15) is 41.1 Å². The van der Waals surface area contributed by atoms with E-state index >= 15 is 0 Å². The number of benzene rings is 4. The molecule has 0 aliphatic heterocycles. The number of hydrogen-bond acceptors (Lipinski definition) is 2. The van der Waals surface area contributed by atoms with Gasteiger partial charge in [-0.05, 0) is 82.1 Å². The van der Waals surface area contributed by atoms with E-state index in [1.807, 2.05) is 72.8 Å². The summed E-state index contributed by atoms with van der Waals surface area (Å²) in [7, 11) is 0. The number of fused-ring (bicyclic) bond motifs is 1. The first-order chi connectivity index (χ1) is 20.4. The van der Waals surface area contributed by atoms with E-state index < -0.39 is 17.6 Å². The molecular weight excluding hydrogens is 531 g/mol. The molecule has 208 valence electrons. The van der Waals surface area contributed by atoms with Crippen LogP contribution in [0.2, 0.25) is 0 Å². The lowest BCUT2D eigenvalue weighted by Gasteiger charge is -2.21. The van der Waals surface area contributed by atoms with Crippen LogP contribution in [0.5, 0.6) is 0 Å². The normalized spacial score (nSPS) is 13.0. The summed E-state index contributed by atoms with van der Waals surface area (Å²) in [5.74, 6) is -2.17. The van der Waals surface area contributed by atoms with Crippen LogP contribution in [-0.4, -0.2) is 10.8 Å². The zero-order valence-electron chi connectivity index (χ0n) is 22.9. The Labute approximate surface area is 243 Å². The number of hydrogen-bond donors (Lipinski definition) is 0. The molecule has 4 aromatic carbocycles. The predicted molar refractivity (Wildman–Crippen MR) is 160 cm³/mol. The fourth-order valence-corrected chi connectivity index (χ4v) is 5.93. The van der Waals surface area contributed by atoms with Crippen molar-refractivity contribution in [2.75, 3.05) is 0 Å². The fraction of sp³-hybridized carbons (Fsp3) is 0.135. The van der Waals surface area contributed by atoms with Crippen LogP contribution in [0.4, 0.5) is 13.2 Å².